The third kappa shape index (κ3) is 4.69. The van der Waals surface area contributed by atoms with E-state index in [4.69, 9.17) is 4.74 Å². The second kappa shape index (κ2) is 7.31. The molecule has 24 heavy (non-hydrogen) atoms. The number of imidazole rings is 1. The maximum absolute atomic E-state index is 12.2. The molecule has 0 unspecified atom stereocenters. The lowest BCUT2D eigenvalue weighted by atomic mass is 10.2. The highest BCUT2D eigenvalue weighted by Gasteiger charge is 2.15. The normalized spacial score (nSPS) is 11.6. The van der Waals surface area contributed by atoms with Gasteiger partial charge in [-0.15, -0.1) is 0 Å². The van der Waals surface area contributed by atoms with Crippen molar-refractivity contribution < 1.29 is 17.9 Å². The number of amides is 1. The highest BCUT2D eigenvalue weighted by Crippen LogP contribution is 2.22. The Morgan fingerprint density at radius 1 is 1.42 bits per heavy atom. The van der Waals surface area contributed by atoms with Crippen LogP contribution in [0.1, 0.15) is 16.2 Å². The summed E-state index contributed by atoms with van der Waals surface area (Å²) in [6.07, 6.45) is 2.46. The van der Waals surface area contributed by atoms with Crippen molar-refractivity contribution in [3.8, 4) is 17.1 Å². The van der Waals surface area contributed by atoms with Crippen LogP contribution in [0.25, 0.3) is 11.4 Å². The molecule has 0 radical (unpaired) electrons. The Labute approximate surface area is 140 Å². The molecule has 7 nitrogen and oxygen atoms in total. The molecule has 2 aromatic rings. The van der Waals surface area contributed by atoms with E-state index < -0.39 is 9.84 Å². The minimum atomic E-state index is -3.20. The lowest BCUT2D eigenvalue weighted by molar-refractivity contribution is 0.0953. The molecule has 0 bridgehead atoms. The fourth-order valence-corrected chi connectivity index (χ4v) is 2.49. The average Bonchev–Trinajstić information content (AvgIpc) is 2.92. The second-order valence-electron chi connectivity index (χ2n) is 5.20. The van der Waals surface area contributed by atoms with Crippen molar-refractivity contribution in [2.24, 2.45) is 0 Å². The van der Waals surface area contributed by atoms with Gasteiger partial charge < -0.3 is 15.0 Å². The maximum Gasteiger partial charge on any atom is 0.272 e. The van der Waals surface area contributed by atoms with Crippen LogP contribution in [-0.2, 0) is 9.84 Å². The van der Waals surface area contributed by atoms with E-state index in [1.165, 1.54) is 6.08 Å². The second-order valence-corrected chi connectivity index (χ2v) is 7.13. The molecule has 0 saturated heterocycles. The molecule has 1 amide bonds. The summed E-state index contributed by atoms with van der Waals surface area (Å²) in [5, 5.41) is 3.65. The van der Waals surface area contributed by atoms with Gasteiger partial charge in [0, 0.05) is 29.5 Å². The molecule has 8 heteroatoms. The highest BCUT2D eigenvalue weighted by molar-refractivity contribution is 7.93. The van der Waals surface area contributed by atoms with Gasteiger partial charge in [0.25, 0.3) is 5.91 Å². The predicted molar refractivity (Wildman–Crippen MR) is 91.6 cm³/mol. The predicted octanol–water partition coefficient (Wildman–Crippen LogP) is 1.68. The standard InChI is InChI=1S/C16H19N3O4S/c1-11-14(16(20)17-8-5-9-24(3,21)22)19-15(18-11)12-6-4-7-13(10-12)23-2/h4-7,9-10H,8H2,1-3H3,(H,17,20)(H,18,19)/b9-5+. The average molecular weight is 349 g/mol. The number of methoxy groups -OCH3 is 1. The fourth-order valence-electron chi connectivity index (χ4n) is 2.05. The number of benzene rings is 1. The Balaban J connectivity index is 2.13. The minimum Gasteiger partial charge on any atom is -0.497 e. The number of H-pyrrole nitrogens is 1. The first-order chi connectivity index (χ1) is 11.3. The number of sulfone groups is 1. The lowest BCUT2D eigenvalue weighted by Crippen LogP contribution is -2.24. The molecule has 0 aliphatic heterocycles. The number of aryl methyl sites for hydroxylation is 1. The van der Waals surface area contributed by atoms with Gasteiger partial charge in [0.1, 0.15) is 17.3 Å². The van der Waals surface area contributed by atoms with E-state index in [9.17, 15) is 13.2 Å². The van der Waals surface area contributed by atoms with Crippen molar-refractivity contribution in [2.45, 2.75) is 6.92 Å². The Morgan fingerprint density at radius 3 is 2.83 bits per heavy atom. The first kappa shape index (κ1) is 17.7. The number of nitrogens with zero attached hydrogens (tertiary/aromatic N) is 1. The number of nitrogens with one attached hydrogen (secondary N) is 2. The number of ether oxygens (including phenoxy) is 1. The summed E-state index contributed by atoms with van der Waals surface area (Å²) in [6.45, 7) is 1.85. The number of carbonyl (C=O) groups is 1. The monoisotopic (exact) mass is 349 g/mol. The van der Waals surface area contributed by atoms with Crippen LogP contribution in [0, 0.1) is 6.92 Å². The van der Waals surface area contributed by atoms with Gasteiger partial charge >= 0.3 is 0 Å². The molecule has 0 saturated carbocycles. The zero-order valence-corrected chi connectivity index (χ0v) is 14.5. The molecule has 128 valence electrons. The molecule has 0 aliphatic carbocycles. The van der Waals surface area contributed by atoms with E-state index in [-0.39, 0.29) is 18.1 Å². The topological polar surface area (TPSA) is 101 Å². The van der Waals surface area contributed by atoms with E-state index in [1.54, 1.807) is 14.0 Å². The van der Waals surface area contributed by atoms with E-state index in [0.717, 1.165) is 17.2 Å². The van der Waals surface area contributed by atoms with Crippen LogP contribution in [0.3, 0.4) is 0 Å². The van der Waals surface area contributed by atoms with Crippen LogP contribution >= 0.6 is 0 Å². The van der Waals surface area contributed by atoms with Gasteiger partial charge in [0.15, 0.2) is 9.84 Å². The summed E-state index contributed by atoms with van der Waals surface area (Å²) in [5.41, 5.74) is 1.69. The third-order valence-electron chi connectivity index (χ3n) is 3.17. The van der Waals surface area contributed by atoms with Crippen LogP contribution in [-0.4, -0.2) is 44.2 Å². The zero-order valence-electron chi connectivity index (χ0n) is 13.7. The number of rotatable bonds is 6. The van der Waals surface area contributed by atoms with Gasteiger partial charge in [-0.1, -0.05) is 18.2 Å². The van der Waals surface area contributed by atoms with Gasteiger partial charge in [0.2, 0.25) is 0 Å². The van der Waals surface area contributed by atoms with Gasteiger partial charge in [-0.05, 0) is 19.1 Å². The zero-order chi connectivity index (χ0) is 17.7. The van der Waals surface area contributed by atoms with Gasteiger partial charge in [-0.2, -0.15) is 0 Å². The molecule has 0 spiro atoms. The Bertz CT molecular complexity index is 869. The third-order valence-corrected chi connectivity index (χ3v) is 3.85. The number of hydrogen-bond donors (Lipinski definition) is 2. The highest BCUT2D eigenvalue weighted by atomic mass is 32.2. The number of hydrogen-bond acceptors (Lipinski definition) is 5. The molecule has 2 rings (SSSR count). The Kier molecular flexibility index (Phi) is 5.40. The van der Waals surface area contributed by atoms with Crippen LogP contribution in [0.2, 0.25) is 0 Å². The maximum atomic E-state index is 12.2. The van der Waals surface area contributed by atoms with E-state index in [2.05, 4.69) is 15.3 Å². The largest absolute Gasteiger partial charge is 0.497 e. The summed E-state index contributed by atoms with van der Waals surface area (Å²) in [5.74, 6) is 0.873. The Morgan fingerprint density at radius 2 is 2.17 bits per heavy atom. The van der Waals surface area contributed by atoms with Crippen molar-refractivity contribution in [2.75, 3.05) is 19.9 Å². The van der Waals surface area contributed by atoms with E-state index >= 15 is 0 Å². The van der Waals surface area contributed by atoms with Crippen molar-refractivity contribution >= 4 is 15.7 Å². The van der Waals surface area contributed by atoms with Gasteiger partial charge in [-0.25, -0.2) is 13.4 Å². The molecule has 1 aromatic heterocycles. The first-order valence-corrected chi connectivity index (χ1v) is 9.11. The summed E-state index contributed by atoms with van der Waals surface area (Å²) in [7, 11) is -1.62. The van der Waals surface area contributed by atoms with Crippen LogP contribution in [0.5, 0.6) is 5.75 Å². The van der Waals surface area contributed by atoms with Crippen LogP contribution < -0.4 is 10.1 Å². The Hall–Kier alpha value is -2.61. The summed E-state index contributed by atoms with van der Waals surface area (Å²) < 4.78 is 27.1. The van der Waals surface area contributed by atoms with E-state index in [0.29, 0.717) is 17.3 Å². The van der Waals surface area contributed by atoms with Crippen molar-refractivity contribution in [1.82, 2.24) is 15.3 Å². The van der Waals surface area contributed by atoms with Crippen LogP contribution in [0.4, 0.5) is 0 Å². The van der Waals surface area contributed by atoms with Crippen molar-refractivity contribution in [3.05, 3.63) is 47.1 Å². The van der Waals surface area contributed by atoms with Crippen LogP contribution in [0.15, 0.2) is 35.7 Å². The summed E-state index contributed by atoms with van der Waals surface area (Å²) >= 11 is 0. The molecular weight excluding hydrogens is 330 g/mol. The SMILES string of the molecule is COc1cccc(-c2nc(C(=O)NC/C=C/S(C)(=O)=O)c(C)[nH]2)c1. The van der Waals surface area contributed by atoms with Gasteiger partial charge in [0.05, 0.1) is 7.11 Å². The molecule has 0 atom stereocenters. The number of aromatic amines is 1. The quantitative estimate of drug-likeness (QED) is 0.826. The summed E-state index contributed by atoms with van der Waals surface area (Å²) in [6, 6.07) is 7.33. The molecular formula is C16H19N3O4S. The fraction of sp³-hybridized carbons (Fsp3) is 0.250. The van der Waals surface area contributed by atoms with Crippen molar-refractivity contribution in [1.29, 1.82) is 0 Å². The number of aromatic nitrogens is 2. The minimum absolute atomic E-state index is 0.104. The molecule has 1 heterocycles. The van der Waals surface area contributed by atoms with Gasteiger partial charge in [-0.3, -0.25) is 4.79 Å². The smallest absolute Gasteiger partial charge is 0.272 e. The first-order valence-electron chi connectivity index (χ1n) is 7.16. The molecule has 0 fully saturated rings. The molecule has 2 N–H and O–H groups in total. The van der Waals surface area contributed by atoms with E-state index in [1.807, 2.05) is 24.3 Å². The molecule has 1 aromatic carbocycles. The summed E-state index contributed by atoms with van der Waals surface area (Å²) in [4.78, 5) is 19.5. The lowest BCUT2D eigenvalue weighted by Gasteiger charge is -2.01. The van der Waals surface area contributed by atoms with Crippen molar-refractivity contribution in [3.63, 3.8) is 0 Å². The molecule has 0 aliphatic rings. The number of carbonyl (C=O) groups excluding carboxylic acids is 1.